The summed E-state index contributed by atoms with van der Waals surface area (Å²) in [4.78, 5) is 0. The molecule has 80 valence electrons. The van der Waals surface area contributed by atoms with Crippen molar-refractivity contribution in [1.29, 1.82) is 5.26 Å². The van der Waals surface area contributed by atoms with Gasteiger partial charge < -0.3 is 0 Å². The van der Waals surface area contributed by atoms with Crippen molar-refractivity contribution in [1.82, 2.24) is 9.78 Å². The topological polar surface area (TPSA) is 41.6 Å². The molecule has 0 saturated carbocycles. The Kier molecular flexibility index (Phi) is 2.69. The van der Waals surface area contributed by atoms with Crippen molar-refractivity contribution in [2.75, 3.05) is 0 Å². The predicted molar refractivity (Wildman–Crippen MR) is 57.9 cm³/mol. The van der Waals surface area contributed by atoms with Crippen LogP contribution in [0, 0.1) is 17.1 Å². The fraction of sp³-hybridized carbons (Fsp3) is 0.167. The molecule has 0 spiro atoms. The lowest BCUT2D eigenvalue weighted by Gasteiger charge is -1.98. The minimum Gasteiger partial charge on any atom is -0.275 e. The largest absolute Gasteiger partial charge is 0.275 e. The summed E-state index contributed by atoms with van der Waals surface area (Å²) in [5, 5.41) is 13.0. The van der Waals surface area contributed by atoms with E-state index < -0.39 is 0 Å². The van der Waals surface area contributed by atoms with Crippen LogP contribution in [-0.2, 0) is 13.5 Å². The molecule has 0 saturated heterocycles. The number of hydrogen-bond donors (Lipinski definition) is 0. The first-order valence-electron chi connectivity index (χ1n) is 4.86. The lowest BCUT2D eigenvalue weighted by atomic mass is 10.1. The number of nitriles is 1. The van der Waals surface area contributed by atoms with E-state index in [0.29, 0.717) is 6.42 Å². The molecule has 4 heteroatoms. The van der Waals surface area contributed by atoms with Gasteiger partial charge in [0, 0.05) is 24.4 Å². The van der Waals surface area contributed by atoms with E-state index in [1.165, 1.54) is 12.1 Å². The van der Waals surface area contributed by atoms with Gasteiger partial charge in [-0.2, -0.15) is 10.4 Å². The van der Waals surface area contributed by atoms with Gasteiger partial charge in [-0.15, -0.1) is 0 Å². The van der Waals surface area contributed by atoms with Crippen LogP contribution in [0.3, 0.4) is 0 Å². The number of halogens is 1. The Labute approximate surface area is 92.7 Å². The van der Waals surface area contributed by atoms with Gasteiger partial charge in [-0.3, -0.25) is 4.68 Å². The Hall–Kier alpha value is -2.15. The van der Waals surface area contributed by atoms with Crippen molar-refractivity contribution >= 4 is 0 Å². The van der Waals surface area contributed by atoms with Gasteiger partial charge >= 0.3 is 0 Å². The molecule has 1 aromatic carbocycles. The number of aryl methyl sites for hydroxylation is 1. The molecular formula is C12H10FN3. The van der Waals surface area contributed by atoms with E-state index in [-0.39, 0.29) is 5.82 Å². The second-order valence-corrected chi connectivity index (χ2v) is 3.52. The zero-order valence-corrected chi connectivity index (χ0v) is 8.81. The number of aromatic nitrogens is 2. The summed E-state index contributed by atoms with van der Waals surface area (Å²) in [6.45, 7) is 0. The fourth-order valence-electron chi connectivity index (χ4n) is 1.60. The van der Waals surface area contributed by atoms with Crippen molar-refractivity contribution in [3.63, 3.8) is 0 Å². The normalized spacial score (nSPS) is 10.1. The molecule has 0 fully saturated rings. The van der Waals surface area contributed by atoms with E-state index in [4.69, 9.17) is 5.26 Å². The average molecular weight is 215 g/mol. The zero-order valence-electron chi connectivity index (χ0n) is 8.81. The molecule has 0 bridgehead atoms. The summed E-state index contributed by atoms with van der Waals surface area (Å²) < 4.78 is 14.4. The molecule has 1 aromatic heterocycles. The molecule has 0 radical (unpaired) electrons. The molecule has 0 unspecified atom stereocenters. The van der Waals surface area contributed by atoms with Gasteiger partial charge in [-0.25, -0.2) is 4.39 Å². The minimum absolute atomic E-state index is 0.276. The monoisotopic (exact) mass is 215 g/mol. The summed E-state index contributed by atoms with van der Waals surface area (Å²) >= 11 is 0. The fourth-order valence-corrected chi connectivity index (χ4v) is 1.60. The maximum Gasteiger partial charge on any atom is 0.123 e. The Morgan fingerprint density at radius 2 is 2.06 bits per heavy atom. The molecule has 0 aliphatic carbocycles. The van der Waals surface area contributed by atoms with Crippen LogP contribution in [0.25, 0.3) is 11.3 Å². The molecule has 16 heavy (non-hydrogen) atoms. The Morgan fingerprint density at radius 3 is 2.69 bits per heavy atom. The number of rotatable bonds is 2. The van der Waals surface area contributed by atoms with Crippen LogP contribution in [0.15, 0.2) is 30.5 Å². The van der Waals surface area contributed by atoms with Gasteiger partial charge in [0.1, 0.15) is 5.82 Å². The van der Waals surface area contributed by atoms with Crippen LogP contribution in [0.1, 0.15) is 5.56 Å². The Morgan fingerprint density at radius 1 is 1.38 bits per heavy atom. The molecule has 0 amide bonds. The summed E-state index contributed by atoms with van der Waals surface area (Å²) in [5.41, 5.74) is 2.42. The molecule has 0 aliphatic heterocycles. The molecule has 0 atom stereocenters. The predicted octanol–water partition coefficient (Wildman–Crippen LogP) is 2.29. The lowest BCUT2D eigenvalue weighted by Crippen LogP contribution is -1.88. The summed E-state index contributed by atoms with van der Waals surface area (Å²) in [6.07, 6.45) is 2.11. The van der Waals surface area contributed by atoms with E-state index in [9.17, 15) is 4.39 Å². The average Bonchev–Trinajstić information content (AvgIpc) is 2.61. The molecule has 2 aromatic rings. The van der Waals surface area contributed by atoms with E-state index in [1.54, 1.807) is 23.9 Å². The summed E-state index contributed by atoms with van der Waals surface area (Å²) in [6, 6.07) is 8.20. The molecular weight excluding hydrogens is 205 g/mol. The highest BCUT2D eigenvalue weighted by atomic mass is 19.1. The summed E-state index contributed by atoms with van der Waals surface area (Å²) in [7, 11) is 1.80. The maximum absolute atomic E-state index is 12.8. The number of benzene rings is 1. The highest BCUT2D eigenvalue weighted by molar-refractivity contribution is 5.63. The second-order valence-electron chi connectivity index (χ2n) is 3.52. The quantitative estimate of drug-likeness (QED) is 0.771. The first-order valence-corrected chi connectivity index (χ1v) is 4.86. The summed E-state index contributed by atoms with van der Waals surface area (Å²) in [5.74, 6) is -0.276. The maximum atomic E-state index is 12.8. The van der Waals surface area contributed by atoms with Crippen molar-refractivity contribution < 1.29 is 4.39 Å². The van der Waals surface area contributed by atoms with E-state index in [1.807, 2.05) is 6.20 Å². The zero-order chi connectivity index (χ0) is 11.5. The number of hydrogen-bond acceptors (Lipinski definition) is 2. The van der Waals surface area contributed by atoms with Crippen molar-refractivity contribution in [3.8, 4) is 17.3 Å². The first-order chi connectivity index (χ1) is 7.70. The van der Waals surface area contributed by atoms with E-state index in [2.05, 4.69) is 11.2 Å². The lowest BCUT2D eigenvalue weighted by molar-refractivity contribution is 0.628. The van der Waals surface area contributed by atoms with Crippen LogP contribution in [0.5, 0.6) is 0 Å². The smallest absolute Gasteiger partial charge is 0.123 e. The minimum atomic E-state index is -0.276. The van der Waals surface area contributed by atoms with Gasteiger partial charge in [0.05, 0.1) is 18.2 Å². The Balaban J connectivity index is 2.47. The third kappa shape index (κ3) is 1.94. The number of nitrogens with zero attached hydrogens (tertiary/aromatic N) is 3. The van der Waals surface area contributed by atoms with Gasteiger partial charge in [0.2, 0.25) is 0 Å². The third-order valence-corrected chi connectivity index (χ3v) is 2.29. The SMILES string of the molecule is Cn1cc(CC#N)c(-c2ccc(F)cc2)n1. The van der Waals surface area contributed by atoms with Crippen LogP contribution < -0.4 is 0 Å². The van der Waals surface area contributed by atoms with Gasteiger partial charge in [0.15, 0.2) is 0 Å². The molecule has 3 nitrogen and oxygen atoms in total. The van der Waals surface area contributed by atoms with Crippen LogP contribution in [-0.4, -0.2) is 9.78 Å². The van der Waals surface area contributed by atoms with Gasteiger partial charge in [-0.05, 0) is 24.3 Å². The molecule has 0 aliphatic rings. The van der Waals surface area contributed by atoms with Crippen molar-refractivity contribution in [2.45, 2.75) is 6.42 Å². The molecule has 1 heterocycles. The highest BCUT2D eigenvalue weighted by Crippen LogP contribution is 2.22. The molecule has 2 rings (SSSR count). The van der Waals surface area contributed by atoms with Crippen molar-refractivity contribution in [3.05, 3.63) is 41.8 Å². The van der Waals surface area contributed by atoms with Crippen LogP contribution >= 0.6 is 0 Å². The Bertz CT molecular complexity index is 534. The van der Waals surface area contributed by atoms with E-state index >= 15 is 0 Å². The second kappa shape index (κ2) is 4.15. The standard InChI is InChI=1S/C12H10FN3/c1-16-8-10(6-7-14)12(15-16)9-2-4-11(13)5-3-9/h2-5,8H,6H2,1H3. The molecule has 0 N–H and O–H groups in total. The van der Waals surface area contributed by atoms with Crippen LogP contribution in [0.2, 0.25) is 0 Å². The van der Waals surface area contributed by atoms with Gasteiger partial charge in [-0.1, -0.05) is 0 Å². The van der Waals surface area contributed by atoms with Crippen LogP contribution in [0.4, 0.5) is 4.39 Å². The van der Waals surface area contributed by atoms with E-state index in [0.717, 1.165) is 16.8 Å². The third-order valence-electron chi connectivity index (χ3n) is 2.29. The van der Waals surface area contributed by atoms with Crippen molar-refractivity contribution in [2.24, 2.45) is 7.05 Å². The van der Waals surface area contributed by atoms with Gasteiger partial charge in [0.25, 0.3) is 0 Å². The first kappa shape index (κ1) is 10.4. The highest BCUT2D eigenvalue weighted by Gasteiger charge is 2.09.